The number of nitrogens with one attached hydrogen (secondary N) is 2. The van der Waals surface area contributed by atoms with E-state index >= 15 is 0 Å². The molecular formula is C26H22N4O2S. The number of methoxy groups -OCH3 is 1. The molecule has 0 spiro atoms. The molecule has 1 amide bonds. The van der Waals surface area contributed by atoms with Gasteiger partial charge in [0.1, 0.15) is 11.8 Å². The number of carbonyl (C=O) groups excluding carboxylic acids is 1. The molecule has 0 unspecified atom stereocenters. The normalized spacial score (nSPS) is 10.5. The summed E-state index contributed by atoms with van der Waals surface area (Å²) in [6.07, 6.45) is 0. The first kappa shape index (κ1) is 22.1. The van der Waals surface area contributed by atoms with Crippen molar-refractivity contribution in [2.75, 3.05) is 12.4 Å². The molecule has 0 saturated heterocycles. The number of rotatable bonds is 5. The first-order valence-electron chi connectivity index (χ1n) is 10.4. The van der Waals surface area contributed by atoms with Crippen molar-refractivity contribution in [2.24, 2.45) is 0 Å². The quantitative estimate of drug-likeness (QED) is 0.398. The molecule has 33 heavy (non-hydrogen) atoms. The lowest BCUT2D eigenvalue weighted by molar-refractivity contribution is 0.0977. The van der Waals surface area contributed by atoms with Gasteiger partial charge in [0.2, 0.25) is 0 Å². The minimum atomic E-state index is -0.281. The van der Waals surface area contributed by atoms with Gasteiger partial charge in [0.05, 0.1) is 23.9 Å². The molecule has 0 atom stereocenters. The highest BCUT2D eigenvalue weighted by molar-refractivity contribution is 7.80. The molecule has 0 saturated carbocycles. The summed E-state index contributed by atoms with van der Waals surface area (Å²) in [5.74, 6) is 0.455. The average molecular weight is 455 g/mol. The predicted octanol–water partition coefficient (Wildman–Crippen LogP) is 5.34. The first-order chi connectivity index (χ1) is 16.0. The lowest BCUT2D eigenvalue weighted by Gasteiger charge is -2.13. The van der Waals surface area contributed by atoms with Gasteiger partial charge in [-0.3, -0.25) is 10.1 Å². The molecule has 6 nitrogen and oxygen atoms in total. The molecule has 0 aliphatic rings. The number of nitrogens with zero attached hydrogens (tertiary/aromatic N) is 2. The average Bonchev–Trinajstić information content (AvgIpc) is 3.17. The zero-order valence-electron chi connectivity index (χ0n) is 18.3. The van der Waals surface area contributed by atoms with Gasteiger partial charge in [0, 0.05) is 34.8 Å². The van der Waals surface area contributed by atoms with E-state index in [1.165, 1.54) is 0 Å². The molecule has 4 aromatic rings. The van der Waals surface area contributed by atoms with E-state index < -0.39 is 0 Å². The Balaban J connectivity index is 1.66. The van der Waals surface area contributed by atoms with Gasteiger partial charge < -0.3 is 14.6 Å². The van der Waals surface area contributed by atoms with E-state index in [1.54, 1.807) is 31.4 Å². The van der Waals surface area contributed by atoms with Crippen LogP contribution in [0.4, 0.5) is 5.69 Å². The second-order valence-corrected chi connectivity index (χ2v) is 7.73. The van der Waals surface area contributed by atoms with Gasteiger partial charge >= 0.3 is 0 Å². The van der Waals surface area contributed by atoms with Crippen LogP contribution >= 0.6 is 12.2 Å². The van der Waals surface area contributed by atoms with Crippen LogP contribution in [0.3, 0.4) is 0 Å². The maximum atomic E-state index is 12.4. The van der Waals surface area contributed by atoms with Gasteiger partial charge in [0.15, 0.2) is 5.11 Å². The van der Waals surface area contributed by atoms with E-state index in [0.717, 1.165) is 27.9 Å². The van der Waals surface area contributed by atoms with Crippen molar-refractivity contribution in [3.8, 4) is 23.1 Å². The highest BCUT2D eigenvalue weighted by atomic mass is 32.1. The number of aryl methyl sites for hydroxylation is 1. The molecule has 164 valence electrons. The molecular weight excluding hydrogens is 432 g/mol. The van der Waals surface area contributed by atoms with E-state index in [0.29, 0.717) is 23.4 Å². The van der Waals surface area contributed by atoms with Gasteiger partial charge in [-0.1, -0.05) is 30.3 Å². The largest absolute Gasteiger partial charge is 0.497 e. The first-order valence-corrected chi connectivity index (χ1v) is 10.8. The maximum absolute atomic E-state index is 12.4. The van der Waals surface area contributed by atoms with Crippen molar-refractivity contribution < 1.29 is 9.53 Å². The van der Waals surface area contributed by atoms with E-state index in [1.807, 2.05) is 55.5 Å². The Morgan fingerprint density at radius 3 is 2.58 bits per heavy atom. The van der Waals surface area contributed by atoms with Crippen molar-refractivity contribution in [3.05, 3.63) is 83.9 Å². The van der Waals surface area contributed by atoms with Crippen LogP contribution in [0.1, 0.15) is 22.8 Å². The van der Waals surface area contributed by atoms with Crippen LogP contribution in [0.5, 0.6) is 5.75 Å². The van der Waals surface area contributed by atoms with Crippen LogP contribution in [0.25, 0.3) is 22.2 Å². The Hall–Kier alpha value is -4.15. The summed E-state index contributed by atoms with van der Waals surface area (Å²) in [5.41, 5.74) is 4.47. The second-order valence-electron chi connectivity index (χ2n) is 7.32. The van der Waals surface area contributed by atoms with Crippen LogP contribution in [0.2, 0.25) is 0 Å². The molecule has 7 heteroatoms. The summed E-state index contributed by atoms with van der Waals surface area (Å²) < 4.78 is 7.48. The Morgan fingerprint density at radius 2 is 1.88 bits per heavy atom. The number of thiocarbonyl (C=S) groups is 1. The van der Waals surface area contributed by atoms with Gasteiger partial charge in [0.25, 0.3) is 5.91 Å². The van der Waals surface area contributed by atoms with Crippen LogP contribution < -0.4 is 15.4 Å². The Morgan fingerprint density at radius 1 is 1.09 bits per heavy atom. The molecule has 4 rings (SSSR count). The van der Waals surface area contributed by atoms with Gasteiger partial charge in [-0.15, -0.1) is 0 Å². The summed E-state index contributed by atoms with van der Waals surface area (Å²) in [4.78, 5) is 12.4. The Labute approximate surface area is 197 Å². The molecule has 0 aliphatic heterocycles. The fraction of sp³-hybridized carbons (Fsp3) is 0.115. The number of nitriles is 1. The van der Waals surface area contributed by atoms with E-state index in [2.05, 4.69) is 21.3 Å². The summed E-state index contributed by atoms with van der Waals surface area (Å²) in [6, 6.07) is 24.6. The highest BCUT2D eigenvalue weighted by Crippen LogP contribution is 2.36. The SMILES string of the molecule is CCn1c(-c2cccc(NC(=S)NC(=O)c3ccccc3)c2)c(C#N)c2ccc(OC)cc21. The molecule has 0 fully saturated rings. The summed E-state index contributed by atoms with van der Waals surface area (Å²) >= 11 is 5.34. The van der Waals surface area contributed by atoms with E-state index in [9.17, 15) is 10.1 Å². The number of anilines is 1. The van der Waals surface area contributed by atoms with Crippen molar-refractivity contribution >= 4 is 39.8 Å². The smallest absolute Gasteiger partial charge is 0.257 e. The zero-order valence-corrected chi connectivity index (χ0v) is 19.1. The number of hydrogen-bond acceptors (Lipinski definition) is 4. The number of benzene rings is 3. The van der Waals surface area contributed by atoms with Crippen LogP contribution in [0.15, 0.2) is 72.8 Å². The van der Waals surface area contributed by atoms with Gasteiger partial charge in [-0.2, -0.15) is 5.26 Å². The summed E-state index contributed by atoms with van der Waals surface area (Å²) in [7, 11) is 1.63. The molecule has 1 heterocycles. The highest BCUT2D eigenvalue weighted by Gasteiger charge is 2.19. The number of fused-ring (bicyclic) bond motifs is 1. The lowest BCUT2D eigenvalue weighted by atomic mass is 10.1. The number of ether oxygens (including phenoxy) is 1. The van der Waals surface area contributed by atoms with Crippen LogP contribution in [-0.2, 0) is 6.54 Å². The van der Waals surface area contributed by atoms with Crippen molar-refractivity contribution in [1.82, 2.24) is 9.88 Å². The minimum absolute atomic E-state index is 0.197. The predicted molar refractivity (Wildman–Crippen MR) is 134 cm³/mol. The third-order valence-electron chi connectivity index (χ3n) is 5.36. The fourth-order valence-electron chi connectivity index (χ4n) is 3.87. The van der Waals surface area contributed by atoms with E-state index in [-0.39, 0.29) is 11.0 Å². The zero-order chi connectivity index (χ0) is 23.4. The molecule has 3 aromatic carbocycles. The standard InChI is InChI=1S/C26H22N4O2S/c1-3-30-23-15-20(32-2)12-13-21(23)22(16-27)24(30)18-10-7-11-19(14-18)28-26(33)29-25(31)17-8-5-4-6-9-17/h4-15H,3H2,1-2H3,(H2,28,29,31,33). The second kappa shape index (κ2) is 9.55. The monoisotopic (exact) mass is 454 g/mol. The summed E-state index contributed by atoms with van der Waals surface area (Å²) in [5, 5.41) is 16.8. The van der Waals surface area contributed by atoms with Crippen molar-refractivity contribution in [3.63, 3.8) is 0 Å². The maximum Gasteiger partial charge on any atom is 0.257 e. The number of hydrogen-bond donors (Lipinski definition) is 2. The molecule has 2 N–H and O–H groups in total. The third kappa shape index (κ3) is 4.43. The lowest BCUT2D eigenvalue weighted by Crippen LogP contribution is -2.34. The Kier molecular flexibility index (Phi) is 6.38. The van der Waals surface area contributed by atoms with E-state index in [4.69, 9.17) is 17.0 Å². The molecule has 0 bridgehead atoms. The Bertz CT molecular complexity index is 1390. The fourth-order valence-corrected chi connectivity index (χ4v) is 4.08. The summed E-state index contributed by atoms with van der Waals surface area (Å²) in [6.45, 7) is 2.73. The molecule has 0 aliphatic carbocycles. The van der Waals surface area contributed by atoms with Gasteiger partial charge in [-0.25, -0.2) is 0 Å². The third-order valence-corrected chi connectivity index (χ3v) is 5.56. The topological polar surface area (TPSA) is 79.1 Å². The number of aromatic nitrogens is 1. The number of carbonyl (C=O) groups is 1. The van der Waals surface area contributed by atoms with Crippen molar-refractivity contribution in [2.45, 2.75) is 13.5 Å². The van der Waals surface area contributed by atoms with Crippen LogP contribution in [-0.4, -0.2) is 22.7 Å². The van der Waals surface area contributed by atoms with Gasteiger partial charge in [-0.05, 0) is 55.5 Å². The van der Waals surface area contributed by atoms with Crippen LogP contribution in [0, 0.1) is 11.3 Å². The van der Waals surface area contributed by atoms with Crippen molar-refractivity contribution in [1.29, 1.82) is 5.26 Å². The molecule has 0 radical (unpaired) electrons. The number of amides is 1. The molecule has 1 aromatic heterocycles. The minimum Gasteiger partial charge on any atom is -0.497 e.